The maximum Gasteiger partial charge on any atom is 0.188 e. The van der Waals surface area contributed by atoms with E-state index < -0.39 is 9.84 Å². The van der Waals surface area contributed by atoms with Crippen molar-refractivity contribution in [2.75, 3.05) is 31.2 Å². The highest BCUT2D eigenvalue weighted by molar-refractivity contribution is 14.0. The number of ether oxygens (including phenoxy) is 1. The molecule has 1 atom stereocenters. The van der Waals surface area contributed by atoms with E-state index >= 15 is 0 Å². The first-order valence-electron chi connectivity index (χ1n) is 7.41. The molecule has 0 aliphatic carbocycles. The molecule has 3 N–H and O–H groups in total. The van der Waals surface area contributed by atoms with Crippen LogP contribution >= 0.6 is 24.0 Å². The minimum atomic E-state index is -2.76. The second kappa shape index (κ2) is 9.14. The summed E-state index contributed by atoms with van der Waals surface area (Å²) in [4.78, 5) is 4.27. The van der Waals surface area contributed by atoms with E-state index in [0.717, 1.165) is 45.3 Å². The molecule has 0 spiro atoms. The summed E-state index contributed by atoms with van der Waals surface area (Å²) in [6.45, 7) is 2.21. The number of nitrogens with two attached hydrogens (primary N) is 1. The smallest absolute Gasteiger partial charge is 0.188 e. The van der Waals surface area contributed by atoms with Gasteiger partial charge in [0.25, 0.3) is 0 Å². The molecular formula is C13H26IN3O3S. The number of nitrogens with zero attached hydrogens (tertiary/aromatic N) is 1. The molecule has 0 bridgehead atoms. The number of nitrogens with one attached hydrogen (secondary N) is 1. The normalized spacial score (nSPS) is 26.3. The summed E-state index contributed by atoms with van der Waals surface area (Å²) < 4.78 is 28.1. The average molecular weight is 431 g/mol. The third-order valence-corrected chi connectivity index (χ3v) is 5.74. The molecule has 6 nitrogen and oxygen atoms in total. The average Bonchev–Trinajstić information content (AvgIpc) is 2.91. The standard InChI is InChI=1S/C13H25N3O3S.HI/c14-13(16-10-12-2-1-7-19-12)15-6-3-11-4-8-20(17,18)9-5-11;/h11-12H,1-10H2,(H3,14,15,16);1H. The number of aliphatic imine (C=N–C) groups is 1. The van der Waals surface area contributed by atoms with E-state index in [0.29, 0.717) is 29.9 Å². The Labute approximate surface area is 144 Å². The van der Waals surface area contributed by atoms with E-state index in [2.05, 4.69) is 10.3 Å². The third kappa shape index (κ3) is 7.14. The van der Waals surface area contributed by atoms with Gasteiger partial charge in [-0.2, -0.15) is 0 Å². The molecule has 2 rings (SSSR count). The van der Waals surface area contributed by atoms with Crippen LogP contribution in [0, 0.1) is 5.92 Å². The molecule has 0 radical (unpaired) electrons. The van der Waals surface area contributed by atoms with Gasteiger partial charge in [0.05, 0.1) is 24.2 Å². The lowest BCUT2D eigenvalue weighted by Gasteiger charge is -2.21. The number of rotatable bonds is 5. The summed E-state index contributed by atoms with van der Waals surface area (Å²) in [7, 11) is -2.76. The first-order valence-corrected chi connectivity index (χ1v) is 9.23. The molecule has 2 fully saturated rings. The van der Waals surface area contributed by atoms with Crippen molar-refractivity contribution in [3.8, 4) is 0 Å². The molecule has 21 heavy (non-hydrogen) atoms. The molecule has 0 amide bonds. The zero-order valence-electron chi connectivity index (χ0n) is 12.3. The molecule has 0 aromatic carbocycles. The van der Waals surface area contributed by atoms with Crippen LogP contribution in [0.5, 0.6) is 0 Å². The van der Waals surface area contributed by atoms with Crippen LogP contribution in [0.4, 0.5) is 0 Å². The van der Waals surface area contributed by atoms with Gasteiger partial charge in [-0.3, -0.25) is 4.99 Å². The number of sulfone groups is 1. The van der Waals surface area contributed by atoms with E-state index in [4.69, 9.17) is 10.5 Å². The van der Waals surface area contributed by atoms with Crippen molar-refractivity contribution in [3.05, 3.63) is 0 Å². The van der Waals surface area contributed by atoms with Crippen molar-refractivity contribution in [2.45, 2.75) is 38.2 Å². The van der Waals surface area contributed by atoms with E-state index in [1.165, 1.54) is 0 Å². The van der Waals surface area contributed by atoms with Crippen LogP contribution < -0.4 is 11.1 Å². The third-order valence-electron chi connectivity index (χ3n) is 4.02. The Hall–Kier alpha value is -0.0900. The van der Waals surface area contributed by atoms with Crippen molar-refractivity contribution < 1.29 is 13.2 Å². The number of halogens is 1. The highest BCUT2D eigenvalue weighted by Gasteiger charge is 2.23. The van der Waals surface area contributed by atoms with E-state index in [-0.39, 0.29) is 30.1 Å². The lowest BCUT2D eigenvalue weighted by atomic mass is 9.99. The Kier molecular flexibility index (Phi) is 8.25. The van der Waals surface area contributed by atoms with Gasteiger partial charge in [-0.15, -0.1) is 24.0 Å². The molecule has 8 heteroatoms. The summed E-state index contributed by atoms with van der Waals surface area (Å²) in [6, 6.07) is 0. The molecule has 124 valence electrons. The first-order chi connectivity index (χ1) is 9.55. The van der Waals surface area contributed by atoms with Gasteiger partial charge in [-0.05, 0) is 38.0 Å². The Morgan fingerprint density at radius 2 is 2.00 bits per heavy atom. The van der Waals surface area contributed by atoms with Gasteiger partial charge >= 0.3 is 0 Å². The molecule has 1 unspecified atom stereocenters. The maximum atomic E-state index is 11.3. The molecule has 2 aliphatic heterocycles. The quantitative estimate of drug-likeness (QED) is 0.383. The van der Waals surface area contributed by atoms with Gasteiger partial charge in [-0.25, -0.2) is 8.42 Å². The van der Waals surface area contributed by atoms with Gasteiger partial charge in [0.1, 0.15) is 9.84 Å². The van der Waals surface area contributed by atoms with Crippen LogP contribution in [0.2, 0.25) is 0 Å². The number of hydrogen-bond donors (Lipinski definition) is 2. The molecule has 2 heterocycles. The number of guanidine groups is 1. The van der Waals surface area contributed by atoms with Crippen molar-refractivity contribution >= 4 is 39.8 Å². The van der Waals surface area contributed by atoms with Gasteiger partial charge in [0.2, 0.25) is 0 Å². The van der Waals surface area contributed by atoms with Crippen LogP contribution in [-0.4, -0.2) is 51.7 Å². The zero-order valence-corrected chi connectivity index (χ0v) is 15.4. The fraction of sp³-hybridized carbons (Fsp3) is 0.923. The lowest BCUT2D eigenvalue weighted by molar-refractivity contribution is 0.118. The number of hydrogen-bond acceptors (Lipinski definition) is 4. The topological polar surface area (TPSA) is 93.8 Å². The first kappa shape index (κ1) is 19.0. The van der Waals surface area contributed by atoms with Crippen molar-refractivity contribution in [1.82, 2.24) is 5.32 Å². The Balaban J connectivity index is 0.00000220. The predicted molar refractivity (Wildman–Crippen MR) is 94.9 cm³/mol. The summed E-state index contributed by atoms with van der Waals surface area (Å²) in [5, 5.41) is 3.10. The van der Waals surface area contributed by atoms with Gasteiger partial charge in [0, 0.05) is 13.2 Å². The summed E-state index contributed by atoms with van der Waals surface area (Å²) in [6.07, 6.45) is 4.89. The molecule has 0 aromatic rings. The Bertz CT molecular complexity index is 422. The minimum absolute atomic E-state index is 0. The molecular weight excluding hydrogens is 405 g/mol. The minimum Gasteiger partial charge on any atom is -0.376 e. The van der Waals surface area contributed by atoms with E-state index in [1.54, 1.807) is 0 Å². The van der Waals surface area contributed by atoms with Gasteiger partial charge in [-0.1, -0.05) is 0 Å². The summed E-state index contributed by atoms with van der Waals surface area (Å²) in [5.74, 6) is 1.61. The SMILES string of the molecule is I.NC(=NCC1CCCO1)NCCC1CCS(=O)(=O)CC1. The second-order valence-corrected chi connectivity index (χ2v) is 7.98. The molecule has 2 saturated heterocycles. The van der Waals surface area contributed by atoms with Crippen LogP contribution in [0.1, 0.15) is 32.1 Å². The summed E-state index contributed by atoms with van der Waals surface area (Å²) in [5.41, 5.74) is 5.80. The predicted octanol–water partition coefficient (Wildman–Crippen LogP) is 0.903. The van der Waals surface area contributed by atoms with E-state index in [9.17, 15) is 8.42 Å². The van der Waals surface area contributed by atoms with Crippen molar-refractivity contribution in [2.24, 2.45) is 16.6 Å². The van der Waals surface area contributed by atoms with Gasteiger partial charge in [0.15, 0.2) is 5.96 Å². The molecule has 0 saturated carbocycles. The maximum absolute atomic E-state index is 11.3. The molecule has 0 aromatic heterocycles. The van der Waals surface area contributed by atoms with Crippen LogP contribution in [0.3, 0.4) is 0 Å². The lowest BCUT2D eigenvalue weighted by Crippen LogP contribution is -2.35. The van der Waals surface area contributed by atoms with Crippen molar-refractivity contribution in [1.29, 1.82) is 0 Å². The monoisotopic (exact) mass is 431 g/mol. The fourth-order valence-corrected chi connectivity index (χ4v) is 4.27. The van der Waals surface area contributed by atoms with Crippen molar-refractivity contribution in [3.63, 3.8) is 0 Å². The highest BCUT2D eigenvalue weighted by atomic mass is 127. The Morgan fingerprint density at radius 1 is 1.29 bits per heavy atom. The van der Waals surface area contributed by atoms with Crippen LogP contribution in [0.15, 0.2) is 4.99 Å². The van der Waals surface area contributed by atoms with E-state index in [1.807, 2.05) is 0 Å². The summed E-state index contributed by atoms with van der Waals surface area (Å²) >= 11 is 0. The fourth-order valence-electron chi connectivity index (χ4n) is 2.68. The Morgan fingerprint density at radius 3 is 2.62 bits per heavy atom. The molecule has 2 aliphatic rings. The second-order valence-electron chi connectivity index (χ2n) is 5.67. The largest absolute Gasteiger partial charge is 0.376 e. The van der Waals surface area contributed by atoms with Crippen LogP contribution in [0.25, 0.3) is 0 Å². The van der Waals surface area contributed by atoms with Crippen LogP contribution in [-0.2, 0) is 14.6 Å². The highest BCUT2D eigenvalue weighted by Crippen LogP contribution is 2.21. The van der Waals surface area contributed by atoms with Gasteiger partial charge < -0.3 is 15.8 Å². The zero-order chi connectivity index (χ0) is 14.4.